The third-order valence-electron chi connectivity index (χ3n) is 3.67. The van der Waals surface area contributed by atoms with Gasteiger partial charge in [-0.1, -0.05) is 48.5 Å². The molecule has 0 aliphatic rings. The Kier molecular flexibility index (Phi) is 6.94. The summed E-state index contributed by atoms with van der Waals surface area (Å²) in [5.41, 5.74) is 1.31. The van der Waals surface area contributed by atoms with Gasteiger partial charge in [0.1, 0.15) is 12.4 Å². The van der Waals surface area contributed by atoms with Crippen molar-refractivity contribution in [3.05, 3.63) is 66.2 Å². The molecule has 2 aromatic carbocycles. The predicted molar refractivity (Wildman–Crippen MR) is 90.1 cm³/mol. The van der Waals surface area contributed by atoms with E-state index in [2.05, 4.69) is 36.1 Å². The smallest absolute Gasteiger partial charge is 0.119 e. The van der Waals surface area contributed by atoms with E-state index in [9.17, 15) is 0 Å². The first-order chi connectivity index (χ1) is 10.8. The maximum absolute atomic E-state index is 5.88. The molecule has 0 aliphatic heterocycles. The summed E-state index contributed by atoms with van der Waals surface area (Å²) < 4.78 is 11.1. The molecule has 0 saturated heterocycles. The number of methoxy groups -OCH3 is 1. The van der Waals surface area contributed by atoms with Crippen LogP contribution in [0.2, 0.25) is 0 Å². The number of nitrogens with zero attached hydrogens (tertiary/aromatic N) is 1. The van der Waals surface area contributed by atoms with Crippen molar-refractivity contribution in [2.75, 3.05) is 26.9 Å². The van der Waals surface area contributed by atoms with E-state index < -0.39 is 0 Å². The predicted octanol–water partition coefficient (Wildman–Crippen LogP) is 3.60. The number of hydrogen-bond donors (Lipinski definition) is 0. The van der Waals surface area contributed by atoms with Crippen LogP contribution in [0.15, 0.2) is 60.7 Å². The van der Waals surface area contributed by atoms with Crippen LogP contribution in [0.25, 0.3) is 0 Å². The molecule has 0 bridgehead atoms. The number of ether oxygens (including phenoxy) is 2. The zero-order valence-electron chi connectivity index (χ0n) is 13.4. The SMILES string of the molecule is COCCN(Cc1ccccc1)[C@@H](C)COc1ccccc1. The minimum Gasteiger partial charge on any atom is -0.492 e. The molecule has 118 valence electrons. The molecule has 0 amide bonds. The van der Waals surface area contributed by atoms with Crippen molar-refractivity contribution in [3.8, 4) is 5.75 Å². The molecule has 22 heavy (non-hydrogen) atoms. The van der Waals surface area contributed by atoms with Crippen molar-refractivity contribution in [1.82, 2.24) is 4.90 Å². The molecule has 0 aliphatic carbocycles. The van der Waals surface area contributed by atoms with Crippen molar-refractivity contribution >= 4 is 0 Å². The molecule has 0 radical (unpaired) electrons. The molecule has 2 rings (SSSR count). The van der Waals surface area contributed by atoms with E-state index in [1.807, 2.05) is 36.4 Å². The normalized spacial score (nSPS) is 12.3. The van der Waals surface area contributed by atoms with Crippen LogP contribution in [0.5, 0.6) is 5.75 Å². The Labute approximate surface area is 133 Å². The van der Waals surface area contributed by atoms with E-state index in [0.29, 0.717) is 12.6 Å². The van der Waals surface area contributed by atoms with Crippen LogP contribution in [0.3, 0.4) is 0 Å². The molecule has 0 N–H and O–H groups in total. The average Bonchev–Trinajstić information content (AvgIpc) is 2.58. The molecular formula is C19H25NO2. The van der Waals surface area contributed by atoms with Gasteiger partial charge in [0, 0.05) is 26.2 Å². The summed E-state index contributed by atoms with van der Waals surface area (Å²) in [5.74, 6) is 0.917. The van der Waals surface area contributed by atoms with Gasteiger partial charge in [0.2, 0.25) is 0 Å². The van der Waals surface area contributed by atoms with Crippen molar-refractivity contribution in [3.63, 3.8) is 0 Å². The van der Waals surface area contributed by atoms with Gasteiger partial charge in [-0.15, -0.1) is 0 Å². The van der Waals surface area contributed by atoms with Crippen molar-refractivity contribution < 1.29 is 9.47 Å². The van der Waals surface area contributed by atoms with Crippen LogP contribution in [-0.2, 0) is 11.3 Å². The van der Waals surface area contributed by atoms with E-state index in [0.717, 1.165) is 25.4 Å². The quantitative estimate of drug-likeness (QED) is 0.706. The van der Waals surface area contributed by atoms with Crippen LogP contribution in [-0.4, -0.2) is 37.8 Å². The van der Waals surface area contributed by atoms with Crippen molar-refractivity contribution in [1.29, 1.82) is 0 Å². The molecule has 0 fully saturated rings. The monoisotopic (exact) mass is 299 g/mol. The number of hydrogen-bond acceptors (Lipinski definition) is 3. The van der Waals surface area contributed by atoms with Crippen LogP contribution < -0.4 is 4.74 Å². The molecule has 3 nitrogen and oxygen atoms in total. The van der Waals surface area contributed by atoms with Gasteiger partial charge in [0.05, 0.1) is 6.61 Å². The Morgan fingerprint density at radius 1 is 0.955 bits per heavy atom. The molecule has 0 heterocycles. The topological polar surface area (TPSA) is 21.7 Å². The van der Waals surface area contributed by atoms with Gasteiger partial charge in [-0.05, 0) is 24.6 Å². The minimum atomic E-state index is 0.315. The summed E-state index contributed by atoms with van der Waals surface area (Å²) >= 11 is 0. The second-order valence-electron chi connectivity index (χ2n) is 5.42. The minimum absolute atomic E-state index is 0.315. The first-order valence-electron chi connectivity index (χ1n) is 7.74. The largest absolute Gasteiger partial charge is 0.492 e. The fourth-order valence-electron chi connectivity index (χ4n) is 2.32. The van der Waals surface area contributed by atoms with Gasteiger partial charge in [0.15, 0.2) is 0 Å². The molecule has 1 atom stereocenters. The standard InChI is InChI=1S/C19H25NO2/c1-17(16-22-19-11-7-4-8-12-19)20(13-14-21-2)15-18-9-5-3-6-10-18/h3-12,17H,13-16H2,1-2H3/t17-/m0/s1. The first kappa shape index (κ1) is 16.5. The fraction of sp³-hybridized carbons (Fsp3) is 0.368. The van der Waals surface area contributed by atoms with Crippen molar-refractivity contribution in [2.45, 2.75) is 19.5 Å². The van der Waals surface area contributed by atoms with Crippen LogP contribution in [0.1, 0.15) is 12.5 Å². The van der Waals surface area contributed by atoms with Crippen LogP contribution >= 0.6 is 0 Å². The Morgan fingerprint density at radius 3 is 2.23 bits per heavy atom. The highest BCUT2D eigenvalue weighted by Gasteiger charge is 2.15. The molecule has 3 heteroatoms. The molecule has 0 unspecified atom stereocenters. The lowest BCUT2D eigenvalue weighted by Crippen LogP contribution is -2.39. The van der Waals surface area contributed by atoms with Gasteiger partial charge in [-0.25, -0.2) is 0 Å². The molecule has 0 spiro atoms. The van der Waals surface area contributed by atoms with Crippen molar-refractivity contribution in [2.24, 2.45) is 0 Å². The van der Waals surface area contributed by atoms with Gasteiger partial charge in [-0.3, -0.25) is 4.90 Å². The maximum Gasteiger partial charge on any atom is 0.119 e. The summed E-state index contributed by atoms with van der Waals surface area (Å²) in [4.78, 5) is 2.39. The van der Waals surface area contributed by atoms with Crippen LogP contribution in [0.4, 0.5) is 0 Å². The maximum atomic E-state index is 5.88. The van der Waals surface area contributed by atoms with Gasteiger partial charge in [-0.2, -0.15) is 0 Å². The molecule has 0 aromatic heterocycles. The van der Waals surface area contributed by atoms with E-state index >= 15 is 0 Å². The van der Waals surface area contributed by atoms with E-state index in [-0.39, 0.29) is 0 Å². The average molecular weight is 299 g/mol. The fourth-order valence-corrected chi connectivity index (χ4v) is 2.32. The van der Waals surface area contributed by atoms with Gasteiger partial charge >= 0.3 is 0 Å². The summed E-state index contributed by atoms with van der Waals surface area (Å²) in [6.07, 6.45) is 0. The molecule has 2 aromatic rings. The number of para-hydroxylation sites is 1. The summed E-state index contributed by atoms with van der Waals surface area (Å²) in [7, 11) is 1.74. The molecule has 0 saturated carbocycles. The summed E-state index contributed by atoms with van der Waals surface area (Å²) in [6, 6.07) is 20.8. The van der Waals surface area contributed by atoms with Gasteiger partial charge in [0.25, 0.3) is 0 Å². The second kappa shape index (κ2) is 9.23. The van der Waals surface area contributed by atoms with Gasteiger partial charge < -0.3 is 9.47 Å². The summed E-state index contributed by atoms with van der Waals surface area (Å²) in [5, 5.41) is 0. The summed E-state index contributed by atoms with van der Waals surface area (Å²) in [6.45, 7) is 5.39. The lowest BCUT2D eigenvalue weighted by Gasteiger charge is -2.29. The Morgan fingerprint density at radius 2 is 1.59 bits per heavy atom. The highest BCUT2D eigenvalue weighted by atomic mass is 16.5. The number of benzene rings is 2. The highest BCUT2D eigenvalue weighted by molar-refractivity contribution is 5.21. The third kappa shape index (κ3) is 5.51. The lowest BCUT2D eigenvalue weighted by atomic mass is 10.2. The molecular weight excluding hydrogens is 274 g/mol. The Bertz CT molecular complexity index is 515. The van der Waals surface area contributed by atoms with E-state index in [1.165, 1.54) is 5.56 Å². The third-order valence-corrected chi connectivity index (χ3v) is 3.67. The van der Waals surface area contributed by atoms with E-state index in [1.54, 1.807) is 7.11 Å². The Hall–Kier alpha value is -1.84. The zero-order chi connectivity index (χ0) is 15.6. The first-order valence-corrected chi connectivity index (χ1v) is 7.74. The second-order valence-corrected chi connectivity index (χ2v) is 5.42. The Balaban J connectivity index is 1.92. The van der Waals surface area contributed by atoms with E-state index in [4.69, 9.17) is 9.47 Å². The lowest BCUT2D eigenvalue weighted by molar-refractivity contribution is 0.0953. The zero-order valence-corrected chi connectivity index (χ0v) is 13.4. The highest BCUT2D eigenvalue weighted by Crippen LogP contribution is 2.12. The number of rotatable bonds is 9. The van der Waals surface area contributed by atoms with Crippen LogP contribution in [0, 0.1) is 0 Å².